The number of ether oxygens (including phenoxy) is 1. The first-order valence-corrected chi connectivity index (χ1v) is 11.7. The zero-order valence-corrected chi connectivity index (χ0v) is 19.0. The van der Waals surface area contributed by atoms with Crippen LogP contribution >= 0.6 is 23.4 Å². The fourth-order valence-corrected chi connectivity index (χ4v) is 4.63. The number of imide groups is 1. The maximum Gasteiger partial charge on any atom is 0.294 e. The highest BCUT2D eigenvalue weighted by Gasteiger charge is 2.37. The number of piperidine rings is 1. The minimum Gasteiger partial charge on any atom is -0.489 e. The van der Waals surface area contributed by atoms with Crippen LogP contribution in [0.25, 0.3) is 6.08 Å². The van der Waals surface area contributed by atoms with Gasteiger partial charge in [0.1, 0.15) is 18.9 Å². The maximum absolute atomic E-state index is 12.7. The first-order chi connectivity index (χ1) is 15.5. The van der Waals surface area contributed by atoms with Crippen molar-refractivity contribution < 1.29 is 19.1 Å². The third-order valence-electron chi connectivity index (χ3n) is 5.41. The molecule has 8 heteroatoms. The number of amides is 3. The van der Waals surface area contributed by atoms with Crippen LogP contribution in [0.4, 0.5) is 4.79 Å². The number of carbonyl (C=O) groups is 3. The summed E-state index contributed by atoms with van der Waals surface area (Å²) in [5.74, 6) is 0.0694. The van der Waals surface area contributed by atoms with Crippen molar-refractivity contribution in [3.05, 3.63) is 69.6 Å². The minimum absolute atomic E-state index is 0.173. The number of halogens is 1. The second kappa shape index (κ2) is 10.2. The third kappa shape index (κ3) is 5.34. The predicted octanol–water partition coefficient (Wildman–Crippen LogP) is 4.97. The molecule has 32 heavy (non-hydrogen) atoms. The van der Waals surface area contributed by atoms with Crippen molar-refractivity contribution in [2.24, 2.45) is 0 Å². The molecular formula is C24H23ClN2O4S. The molecule has 0 saturated carbocycles. The van der Waals surface area contributed by atoms with Gasteiger partial charge in [0.15, 0.2) is 0 Å². The number of hydrogen-bond acceptors (Lipinski definition) is 5. The molecule has 2 saturated heterocycles. The van der Waals surface area contributed by atoms with Gasteiger partial charge < -0.3 is 9.64 Å². The summed E-state index contributed by atoms with van der Waals surface area (Å²) >= 11 is 7.01. The highest BCUT2D eigenvalue weighted by Crippen LogP contribution is 2.32. The zero-order chi connectivity index (χ0) is 22.5. The highest BCUT2D eigenvalue weighted by molar-refractivity contribution is 8.18. The number of nitrogens with zero attached hydrogens (tertiary/aromatic N) is 2. The summed E-state index contributed by atoms with van der Waals surface area (Å²) in [4.78, 5) is 40.6. The molecule has 3 amide bonds. The number of rotatable bonds is 6. The smallest absolute Gasteiger partial charge is 0.294 e. The van der Waals surface area contributed by atoms with Gasteiger partial charge in [0.05, 0.1) is 4.91 Å². The van der Waals surface area contributed by atoms with Gasteiger partial charge in [0.25, 0.3) is 11.1 Å². The van der Waals surface area contributed by atoms with Gasteiger partial charge in [0, 0.05) is 23.7 Å². The largest absolute Gasteiger partial charge is 0.489 e. The van der Waals surface area contributed by atoms with E-state index in [1.54, 1.807) is 23.1 Å². The van der Waals surface area contributed by atoms with Gasteiger partial charge in [-0.3, -0.25) is 19.3 Å². The Morgan fingerprint density at radius 3 is 2.47 bits per heavy atom. The van der Waals surface area contributed by atoms with Crippen molar-refractivity contribution in [2.75, 3.05) is 19.6 Å². The summed E-state index contributed by atoms with van der Waals surface area (Å²) in [5, 5.41) is 0.241. The van der Waals surface area contributed by atoms with Gasteiger partial charge >= 0.3 is 0 Å². The van der Waals surface area contributed by atoms with E-state index in [1.807, 2.05) is 36.4 Å². The van der Waals surface area contributed by atoms with Gasteiger partial charge in [-0.05, 0) is 60.9 Å². The van der Waals surface area contributed by atoms with Crippen molar-refractivity contribution >= 4 is 46.5 Å². The summed E-state index contributed by atoms with van der Waals surface area (Å²) in [6.07, 6.45) is 4.70. The molecule has 4 rings (SSSR count). The lowest BCUT2D eigenvalue weighted by Crippen LogP contribution is -2.44. The summed E-state index contributed by atoms with van der Waals surface area (Å²) < 4.78 is 5.77. The second-order valence-electron chi connectivity index (χ2n) is 7.66. The lowest BCUT2D eigenvalue weighted by Gasteiger charge is -2.27. The van der Waals surface area contributed by atoms with Crippen molar-refractivity contribution in [3.63, 3.8) is 0 Å². The molecule has 2 fully saturated rings. The number of hydrogen-bond donors (Lipinski definition) is 0. The van der Waals surface area contributed by atoms with E-state index in [9.17, 15) is 14.4 Å². The molecule has 6 nitrogen and oxygen atoms in total. The lowest BCUT2D eigenvalue weighted by molar-refractivity contribution is -0.136. The third-order valence-corrected chi connectivity index (χ3v) is 6.68. The monoisotopic (exact) mass is 470 g/mol. The van der Waals surface area contributed by atoms with Crippen LogP contribution in [0, 0.1) is 0 Å². The first-order valence-electron chi connectivity index (χ1n) is 10.5. The molecule has 0 radical (unpaired) electrons. The average Bonchev–Trinajstić information content (AvgIpc) is 3.07. The zero-order valence-electron chi connectivity index (χ0n) is 17.5. The summed E-state index contributed by atoms with van der Waals surface area (Å²) in [6.45, 7) is 1.53. The van der Waals surface area contributed by atoms with E-state index >= 15 is 0 Å². The Hall–Kier alpha value is -2.77. The summed E-state index contributed by atoms with van der Waals surface area (Å²) in [6, 6.07) is 14.7. The Morgan fingerprint density at radius 1 is 1.03 bits per heavy atom. The average molecular weight is 471 g/mol. The second-order valence-corrected chi connectivity index (χ2v) is 9.06. The molecule has 2 heterocycles. The van der Waals surface area contributed by atoms with Crippen LogP contribution in [0.15, 0.2) is 53.4 Å². The number of likely N-dealkylation sites (tertiary alicyclic amines) is 1. The highest BCUT2D eigenvalue weighted by atomic mass is 35.5. The van der Waals surface area contributed by atoms with E-state index in [2.05, 4.69) is 0 Å². The Morgan fingerprint density at radius 2 is 1.75 bits per heavy atom. The molecule has 0 N–H and O–H groups in total. The van der Waals surface area contributed by atoms with Crippen LogP contribution in [0.3, 0.4) is 0 Å². The fourth-order valence-electron chi connectivity index (χ4n) is 3.60. The topological polar surface area (TPSA) is 66.9 Å². The van der Waals surface area contributed by atoms with E-state index in [0.29, 0.717) is 35.4 Å². The molecule has 2 aliphatic rings. The Balaban J connectivity index is 1.37. The van der Waals surface area contributed by atoms with Gasteiger partial charge in [0.2, 0.25) is 5.91 Å². The van der Waals surface area contributed by atoms with Crippen LogP contribution in [0.1, 0.15) is 30.4 Å². The van der Waals surface area contributed by atoms with E-state index < -0.39 is 11.1 Å². The molecule has 166 valence electrons. The first kappa shape index (κ1) is 22.4. The predicted molar refractivity (Wildman–Crippen MR) is 125 cm³/mol. The van der Waals surface area contributed by atoms with Gasteiger partial charge in [-0.25, -0.2) is 0 Å². The number of carbonyl (C=O) groups excluding carboxylic acids is 3. The maximum atomic E-state index is 12.7. The van der Waals surface area contributed by atoms with E-state index in [1.165, 1.54) is 0 Å². The Labute approximate surface area is 196 Å². The van der Waals surface area contributed by atoms with E-state index in [4.69, 9.17) is 16.3 Å². The Bertz CT molecular complexity index is 1050. The van der Waals surface area contributed by atoms with Gasteiger partial charge in [-0.2, -0.15) is 0 Å². The number of thioether (sulfide) groups is 1. The lowest BCUT2D eigenvalue weighted by atomic mass is 10.1. The van der Waals surface area contributed by atoms with Gasteiger partial charge in [-0.15, -0.1) is 0 Å². The summed E-state index contributed by atoms with van der Waals surface area (Å²) in [7, 11) is 0. The molecule has 0 unspecified atom stereocenters. The molecule has 0 aromatic heterocycles. The molecule has 0 spiro atoms. The molecule has 0 bridgehead atoms. The van der Waals surface area contributed by atoms with Crippen molar-refractivity contribution in [1.82, 2.24) is 9.80 Å². The van der Waals surface area contributed by atoms with Crippen LogP contribution in [0.5, 0.6) is 5.75 Å². The minimum atomic E-state index is -0.426. The standard InChI is InChI=1S/C24H23ClN2O4S/c25-20-7-3-2-6-18(20)16-31-19-10-8-17(9-11-19)14-21-23(29)27(24(30)32-21)15-22(28)26-12-4-1-5-13-26/h2-3,6-11,14H,1,4-5,12-13,15-16H2/b21-14-. The summed E-state index contributed by atoms with van der Waals surface area (Å²) in [5.41, 5.74) is 1.66. The van der Waals surface area contributed by atoms with Crippen molar-refractivity contribution in [2.45, 2.75) is 25.9 Å². The van der Waals surface area contributed by atoms with Crippen molar-refractivity contribution in [1.29, 1.82) is 0 Å². The molecule has 0 atom stereocenters. The van der Waals surface area contributed by atoms with E-state index in [-0.39, 0.29) is 12.5 Å². The van der Waals surface area contributed by atoms with Crippen LogP contribution in [-0.4, -0.2) is 46.5 Å². The normalized spacial score (nSPS) is 17.8. The Kier molecular flexibility index (Phi) is 7.17. The SMILES string of the molecule is O=C(CN1C(=O)S/C(=C\c2ccc(OCc3ccccc3Cl)cc2)C1=O)N1CCCCC1. The molecular weight excluding hydrogens is 448 g/mol. The molecule has 0 aliphatic carbocycles. The fraction of sp³-hybridized carbons (Fsp3) is 0.292. The molecule has 2 aromatic rings. The van der Waals surface area contributed by atoms with Gasteiger partial charge in [-0.1, -0.05) is 41.9 Å². The van der Waals surface area contributed by atoms with Crippen LogP contribution < -0.4 is 4.74 Å². The quantitative estimate of drug-likeness (QED) is 0.558. The van der Waals surface area contributed by atoms with Crippen LogP contribution in [0.2, 0.25) is 5.02 Å². The number of benzene rings is 2. The van der Waals surface area contributed by atoms with Crippen LogP contribution in [-0.2, 0) is 16.2 Å². The molecule has 2 aromatic carbocycles. The van der Waals surface area contributed by atoms with Crippen molar-refractivity contribution in [3.8, 4) is 5.75 Å². The van der Waals surface area contributed by atoms with E-state index in [0.717, 1.165) is 47.1 Å². The molecule has 2 aliphatic heterocycles.